The van der Waals surface area contributed by atoms with E-state index in [4.69, 9.17) is 9.47 Å². The van der Waals surface area contributed by atoms with Crippen LogP contribution in [0, 0.1) is 10.1 Å². The van der Waals surface area contributed by atoms with E-state index in [1.165, 1.54) is 18.3 Å². The first kappa shape index (κ1) is 21.9. The zero-order valence-corrected chi connectivity index (χ0v) is 17.7. The molecule has 0 aliphatic carbocycles. The van der Waals surface area contributed by atoms with E-state index < -0.39 is 4.92 Å². The molecule has 0 atom stereocenters. The normalized spacial score (nSPS) is 14.6. The molecule has 1 N–H and O–H groups in total. The van der Waals surface area contributed by atoms with Crippen LogP contribution in [-0.2, 0) is 16.1 Å². The largest absolute Gasteiger partial charge is 0.488 e. The van der Waals surface area contributed by atoms with E-state index in [2.05, 4.69) is 26.5 Å². The van der Waals surface area contributed by atoms with Gasteiger partial charge in [0.15, 0.2) is 0 Å². The highest BCUT2D eigenvalue weighted by Crippen LogP contribution is 2.23. The van der Waals surface area contributed by atoms with Gasteiger partial charge in [-0.3, -0.25) is 19.8 Å². The number of nitro groups is 1. The zero-order chi connectivity index (χ0) is 21.3. The van der Waals surface area contributed by atoms with Crippen molar-refractivity contribution in [2.45, 2.75) is 6.61 Å². The fourth-order valence-electron chi connectivity index (χ4n) is 2.84. The lowest BCUT2D eigenvalue weighted by Crippen LogP contribution is -2.42. The molecule has 1 saturated heterocycles. The summed E-state index contributed by atoms with van der Waals surface area (Å²) in [5.41, 5.74) is 3.86. The predicted molar refractivity (Wildman–Crippen MR) is 115 cm³/mol. The number of hydrogen-bond acceptors (Lipinski definition) is 7. The third kappa shape index (κ3) is 6.61. The molecule has 0 bridgehead atoms. The molecular weight excluding hydrogens is 456 g/mol. The lowest BCUT2D eigenvalue weighted by molar-refractivity contribution is -0.384. The summed E-state index contributed by atoms with van der Waals surface area (Å²) >= 11 is 3.41. The molecule has 10 heteroatoms. The topological polar surface area (TPSA) is 106 Å². The highest BCUT2D eigenvalue weighted by molar-refractivity contribution is 9.10. The number of hydrogen-bond donors (Lipinski definition) is 1. The summed E-state index contributed by atoms with van der Waals surface area (Å²) in [4.78, 5) is 24.5. The standard InChI is InChI=1S/C20H21BrN4O5/c21-17-4-5-19(30-14-15-2-1-3-18(10-15)25(27)28)16(11-17)12-22-23-20(26)13-24-6-8-29-9-7-24/h1-5,10-12H,6-9,13-14H2,(H,23,26)/b22-12+. The number of morpholine rings is 1. The number of carbonyl (C=O) groups is 1. The van der Waals surface area contributed by atoms with Crippen molar-refractivity contribution in [3.63, 3.8) is 0 Å². The Morgan fingerprint density at radius 2 is 2.10 bits per heavy atom. The molecular formula is C20H21BrN4O5. The molecule has 0 spiro atoms. The molecule has 0 unspecified atom stereocenters. The Morgan fingerprint density at radius 1 is 1.30 bits per heavy atom. The van der Waals surface area contributed by atoms with Gasteiger partial charge in [0.25, 0.3) is 11.6 Å². The average Bonchev–Trinajstić information content (AvgIpc) is 2.74. The van der Waals surface area contributed by atoms with E-state index in [-0.39, 0.29) is 24.7 Å². The minimum Gasteiger partial charge on any atom is -0.488 e. The van der Waals surface area contributed by atoms with Crippen molar-refractivity contribution in [2.75, 3.05) is 32.8 Å². The third-order valence-electron chi connectivity index (χ3n) is 4.35. The monoisotopic (exact) mass is 476 g/mol. The Morgan fingerprint density at radius 3 is 2.87 bits per heavy atom. The SMILES string of the molecule is O=C(CN1CCOCC1)N/N=C/c1cc(Br)ccc1OCc1cccc([N+](=O)[O-])c1. The van der Waals surface area contributed by atoms with Crippen LogP contribution in [-0.4, -0.2) is 54.8 Å². The van der Waals surface area contributed by atoms with E-state index in [9.17, 15) is 14.9 Å². The number of benzene rings is 2. The van der Waals surface area contributed by atoms with E-state index in [0.717, 1.165) is 17.6 Å². The van der Waals surface area contributed by atoms with Gasteiger partial charge in [-0.25, -0.2) is 5.43 Å². The Kier molecular flexibility index (Phi) is 7.89. The van der Waals surface area contributed by atoms with Crippen molar-refractivity contribution in [3.05, 3.63) is 68.2 Å². The lowest BCUT2D eigenvalue weighted by atomic mass is 10.2. The number of nitro benzene ring substituents is 1. The van der Waals surface area contributed by atoms with Crippen molar-refractivity contribution in [3.8, 4) is 5.75 Å². The molecule has 1 fully saturated rings. The summed E-state index contributed by atoms with van der Waals surface area (Å²) < 4.78 is 11.9. The molecule has 0 saturated carbocycles. The van der Waals surface area contributed by atoms with Crippen LogP contribution in [0.5, 0.6) is 5.75 Å². The number of nitrogens with one attached hydrogen (secondary N) is 1. The van der Waals surface area contributed by atoms with Crippen LogP contribution in [0.2, 0.25) is 0 Å². The second kappa shape index (κ2) is 10.8. The van der Waals surface area contributed by atoms with Gasteiger partial charge >= 0.3 is 0 Å². The summed E-state index contributed by atoms with van der Waals surface area (Å²) in [6.45, 7) is 3.11. The second-order valence-electron chi connectivity index (χ2n) is 6.58. The van der Waals surface area contributed by atoms with E-state index in [0.29, 0.717) is 30.1 Å². The quantitative estimate of drug-likeness (QED) is 0.356. The lowest BCUT2D eigenvalue weighted by Gasteiger charge is -2.25. The summed E-state index contributed by atoms with van der Waals surface area (Å²) in [7, 11) is 0. The maximum Gasteiger partial charge on any atom is 0.269 e. The van der Waals surface area contributed by atoms with Crippen LogP contribution in [0.3, 0.4) is 0 Å². The van der Waals surface area contributed by atoms with Gasteiger partial charge in [0.1, 0.15) is 12.4 Å². The molecule has 0 aromatic heterocycles. The number of halogens is 1. The first-order valence-electron chi connectivity index (χ1n) is 9.29. The highest BCUT2D eigenvalue weighted by Gasteiger charge is 2.13. The summed E-state index contributed by atoms with van der Waals surface area (Å²) in [5, 5.41) is 14.9. The van der Waals surface area contributed by atoms with Crippen LogP contribution < -0.4 is 10.2 Å². The second-order valence-corrected chi connectivity index (χ2v) is 7.50. The Labute approximate surface area is 181 Å². The van der Waals surface area contributed by atoms with Crippen LogP contribution >= 0.6 is 15.9 Å². The molecule has 1 heterocycles. The molecule has 30 heavy (non-hydrogen) atoms. The molecule has 1 aliphatic heterocycles. The average molecular weight is 477 g/mol. The zero-order valence-electron chi connectivity index (χ0n) is 16.1. The molecule has 1 amide bonds. The summed E-state index contributed by atoms with van der Waals surface area (Å²) in [5.74, 6) is 0.332. The minimum absolute atomic E-state index is 0.0108. The number of nitrogens with zero attached hydrogens (tertiary/aromatic N) is 3. The summed E-state index contributed by atoms with van der Waals surface area (Å²) in [6.07, 6.45) is 1.50. The molecule has 2 aromatic carbocycles. The van der Waals surface area contributed by atoms with Crippen molar-refractivity contribution in [1.29, 1.82) is 0 Å². The maximum atomic E-state index is 12.0. The van der Waals surface area contributed by atoms with Gasteiger partial charge in [-0.2, -0.15) is 5.10 Å². The fourth-order valence-corrected chi connectivity index (χ4v) is 3.22. The van der Waals surface area contributed by atoms with Crippen LogP contribution in [0.25, 0.3) is 0 Å². The van der Waals surface area contributed by atoms with E-state index in [1.54, 1.807) is 24.3 Å². The number of hydrazone groups is 1. The molecule has 158 valence electrons. The van der Waals surface area contributed by atoms with Crippen molar-refractivity contribution >= 4 is 33.7 Å². The highest BCUT2D eigenvalue weighted by atomic mass is 79.9. The van der Waals surface area contributed by atoms with Gasteiger partial charge in [-0.15, -0.1) is 0 Å². The molecule has 0 radical (unpaired) electrons. The van der Waals surface area contributed by atoms with Gasteiger partial charge in [0.05, 0.1) is 30.9 Å². The van der Waals surface area contributed by atoms with Gasteiger partial charge in [0.2, 0.25) is 0 Å². The molecule has 2 aromatic rings. The van der Waals surface area contributed by atoms with Crippen molar-refractivity contribution < 1.29 is 19.2 Å². The third-order valence-corrected chi connectivity index (χ3v) is 4.84. The van der Waals surface area contributed by atoms with Crippen LogP contribution in [0.1, 0.15) is 11.1 Å². The first-order chi connectivity index (χ1) is 14.5. The first-order valence-corrected chi connectivity index (χ1v) is 10.1. The van der Waals surface area contributed by atoms with Crippen molar-refractivity contribution in [1.82, 2.24) is 10.3 Å². The number of ether oxygens (including phenoxy) is 2. The molecule has 3 rings (SSSR count). The Balaban J connectivity index is 1.60. The number of carbonyl (C=O) groups excluding carboxylic acids is 1. The summed E-state index contributed by atoms with van der Waals surface area (Å²) in [6, 6.07) is 11.7. The van der Waals surface area contributed by atoms with Gasteiger partial charge < -0.3 is 9.47 Å². The number of non-ortho nitro benzene ring substituents is 1. The molecule has 1 aliphatic rings. The number of rotatable bonds is 8. The predicted octanol–water partition coefficient (Wildman–Crippen LogP) is 2.72. The van der Waals surface area contributed by atoms with Crippen LogP contribution in [0.4, 0.5) is 5.69 Å². The Hall–Kier alpha value is -2.82. The number of amides is 1. The Bertz CT molecular complexity index is 931. The molecule has 9 nitrogen and oxygen atoms in total. The van der Waals surface area contributed by atoms with Crippen LogP contribution in [0.15, 0.2) is 52.0 Å². The maximum absolute atomic E-state index is 12.0. The van der Waals surface area contributed by atoms with Gasteiger partial charge in [-0.1, -0.05) is 28.1 Å². The fraction of sp³-hybridized carbons (Fsp3) is 0.300. The van der Waals surface area contributed by atoms with Gasteiger partial charge in [-0.05, 0) is 23.8 Å². The van der Waals surface area contributed by atoms with E-state index in [1.807, 2.05) is 11.0 Å². The minimum atomic E-state index is -0.444. The smallest absolute Gasteiger partial charge is 0.269 e. The van der Waals surface area contributed by atoms with E-state index >= 15 is 0 Å². The van der Waals surface area contributed by atoms with Crippen molar-refractivity contribution in [2.24, 2.45) is 5.10 Å². The van der Waals surface area contributed by atoms with Gasteiger partial charge in [0, 0.05) is 35.3 Å².